The van der Waals surface area contributed by atoms with Crippen LogP contribution in [0.3, 0.4) is 0 Å². The minimum atomic E-state index is 0.388. The van der Waals surface area contributed by atoms with Gasteiger partial charge in [-0.1, -0.05) is 24.3 Å². The van der Waals surface area contributed by atoms with Gasteiger partial charge in [0.15, 0.2) is 0 Å². The van der Waals surface area contributed by atoms with E-state index in [1.807, 2.05) is 49.4 Å². The van der Waals surface area contributed by atoms with Gasteiger partial charge >= 0.3 is 0 Å². The van der Waals surface area contributed by atoms with E-state index in [0.29, 0.717) is 11.5 Å². The van der Waals surface area contributed by atoms with E-state index < -0.39 is 0 Å². The number of nitriles is 1. The minimum absolute atomic E-state index is 0.388. The molecule has 3 aromatic rings. The molecule has 0 unspecified atom stereocenters. The summed E-state index contributed by atoms with van der Waals surface area (Å²) >= 11 is 0. The summed E-state index contributed by atoms with van der Waals surface area (Å²) in [5.74, 6) is 0.639. The summed E-state index contributed by atoms with van der Waals surface area (Å²) in [6, 6.07) is 17.3. The van der Waals surface area contributed by atoms with E-state index in [1.54, 1.807) is 12.1 Å². The molecule has 20 heavy (non-hydrogen) atoms. The van der Waals surface area contributed by atoms with E-state index >= 15 is 0 Å². The molecule has 0 atom stereocenters. The molecule has 1 N–H and O–H groups in total. The molecule has 96 valence electrons. The lowest BCUT2D eigenvalue weighted by Gasteiger charge is -2.09. The average molecular weight is 260 g/mol. The molecule has 0 aliphatic carbocycles. The Labute approximate surface area is 116 Å². The fourth-order valence-corrected chi connectivity index (χ4v) is 2.05. The molecule has 0 saturated heterocycles. The van der Waals surface area contributed by atoms with Crippen molar-refractivity contribution in [1.82, 2.24) is 9.97 Å². The first kappa shape index (κ1) is 12.1. The molecule has 0 spiro atoms. The number of aromatic nitrogens is 2. The summed E-state index contributed by atoms with van der Waals surface area (Å²) in [5.41, 5.74) is 3.13. The highest BCUT2D eigenvalue weighted by molar-refractivity contribution is 5.91. The maximum atomic E-state index is 8.88. The zero-order valence-electron chi connectivity index (χ0n) is 11.0. The van der Waals surface area contributed by atoms with Gasteiger partial charge < -0.3 is 5.32 Å². The Bertz CT molecular complexity index is 818. The molecule has 0 amide bonds. The standard InChI is InChI=1S/C16H12N4/c1-11-8-9-12-4-2-6-14(16(12)18-11)20-15-7-3-5-13(10-17)19-15/h2-9H,1H3,(H,19,20). The van der Waals surface area contributed by atoms with Gasteiger partial charge in [0.2, 0.25) is 0 Å². The van der Waals surface area contributed by atoms with Crippen LogP contribution in [0.15, 0.2) is 48.5 Å². The smallest absolute Gasteiger partial charge is 0.142 e. The normalized spacial score (nSPS) is 10.2. The van der Waals surface area contributed by atoms with Crippen LogP contribution in [-0.4, -0.2) is 9.97 Å². The van der Waals surface area contributed by atoms with E-state index in [-0.39, 0.29) is 0 Å². The highest BCUT2D eigenvalue weighted by Crippen LogP contribution is 2.24. The van der Waals surface area contributed by atoms with Crippen molar-refractivity contribution in [1.29, 1.82) is 5.26 Å². The van der Waals surface area contributed by atoms with Crippen molar-refractivity contribution in [3.05, 3.63) is 59.9 Å². The summed E-state index contributed by atoms with van der Waals surface area (Å²) in [6.45, 7) is 1.96. The van der Waals surface area contributed by atoms with Gasteiger partial charge in [-0.3, -0.25) is 4.98 Å². The van der Waals surface area contributed by atoms with Crippen molar-refractivity contribution in [3.8, 4) is 6.07 Å². The van der Waals surface area contributed by atoms with E-state index in [4.69, 9.17) is 5.26 Å². The van der Waals surface area contributed by atoms with Gasteiger partial charge in [-0.25, -0.2) is 4.98 Å². The molecule has 4 nitrogen and oxygen atoms in total. The van der Waals surface area contributed by atoms with Crippen LogP contribution in [-0.2, 0) is 0 Å². The van der Waals surface area contributed by atoms with Crippen molar-refractivity contribution in [2.75, 3.05) is 5.32 Å². The number of nitrogens with zero attached hydrogens (tertiary/aromatic N) is 3. The second-order valence-corrected chi connectivity index (χ2v) is 4.47. The first-order valence-electron chi connectivity index (χ1n) is 6.27. The number of benzene rings is 1. The first-order valence-corrected chi connectivity index (χ1v) is 6.27. The third-order valence-corrected chi connectivity index (χ3v) is 2.99. The number of fused-ring (bicyclic) bond motifs is 1. The van der Waals surface area contributed by atoms with Gasteiger partial charge in [-0.15, -0.1) is 0 Å². The molecule has 4 heteroatoms. The molecule has 0 fully saturated rings. The molecule has 1 aromatic carbocycles. The first-order chi connectivity index (χ1) is 9.76. The van der Waals surface area contributed by atoms with Crippen molar-refractivity contribution < 1.29 is 0 Å². The van der Waals surface area contributed by atoms with Crippen LogP contribution in [0.5, 0.6) is 0 Å². The number of anilines is 2. The lowest BCUT2D eigenvalue weighted by molar-refractivity contribution is 1.24. The molecule has 0 aliphatic rings. The Morgan fingerprint density at radius 1 is 1.00 bits per heavy atom. The van der Waals surface area contributed by atoms with E-state index in [9.17, 15) is 0 Å². The number of aryl methyl sites for hydroxylation is 1. The van der Waals surface area contributed by atoms with Gasteiger partial charge in [0, 0.05) is 11.1 Å². The summed E-state index contributed by atoms with van der Waals surface area (Å²) in [5, 5.41) is 13.2. The monoisotopic (exact) mass is 260 g/mol. The second kappa shape index (κ2) is 4.98. The predicted octanol–water partition coefficient (Wildman–Crippen LogP) is 3.55. The summed E-state index contributed by atoms with van der Waals surface area (Å²) in [7, 11) is 0. The fraction of sp³-hybridized carbons (Fsp3) is 0.0625. The van der Waals surface area contributed by atoms with Crippen LogP contribution in [0, 0.1) is 18.3 Å². The van der Waals surface area contributed by atoms with Crippen LogP contribution in [0.25, 0.3) is 10.9 Å². The quantitative estimate of drug-likeness (QED) is 0.765. The van der Waals surface area contributed by atoms with Crippen molar-refractivity contribution in [2.24, 2.45) is 0 Å². The minimum Gasteiger partial charge on any atom is -0.338 e. The Hall–Kier alpha value is -2.93. The van der Waals surface area contributed by atoms with Gasteiger partial charge in [-0.2, -0.15) is 5.26 Å². The zero-order chi connectivity index (χ0) is 13.9. The average Bonchev–Trinajstić information content (AvgIpc) is 2.48. The highest BCUT2D eigenvalue weighted by atomic mass is 15.0. The van der Waals surface area contributed by atoms with Gasteiger partial charge in [-0.05, 0) is 31.2 Å². The maximum Gasteiger partial charge on any atom is 0.142 e. The SMILES string of the molecule is Cc1ccc2cccc(Nc3cccc(C#N)n3)c2n1. The van der Waals surface area contributed by atoms with E-state index in [0.717, 1.165) is 22.3 Å². The van der Waals surface area contributed by atoms with Crippen LogP contribution in [0.1, 0.15) is 11.4 Å². The van der Waals surface area contributed by atoms with Crippen LogP contribution in [0.4, 0.5) is 11.5 Å². The Morgan fingerprint density at radius 2 is 1.85 bits per heavy atom. The molecular weight excluding hydrogens is 248 g/mol. The van der Waals surface area contributed by atoms with Gasteiger partial charge in [0.1, 0.15) is 17.6 Å². The summed E-state index contributed by atoms with van der Waals surface area (Å²) in [4.78, 5) is 8.77. The Kier molecular flexibility index (Phi) is 3.02. The lowest BCUT2D eigenvalue weighted by atomic mass is 10.1. The summed E-state index contributed by atoms with van der Waals surface area (Å²) < 4.78 is 0. The molecule has 0 aliphatic heterocycles. The number of rotatable bonds is 2. The van der Waals surface area contributed by atoms with Crippen molar-refractivity contribution in [3.63, 3.8) is 0 Å². The predicted molar refractivity (Wildman–Crippen MR) is 78.7 cm³/mol. The number of hydrogen-bond acceptors (Lipinski definition) is 4. The van der Waals surface area contributed by atoms with Crippen LogP contribution >= 0.6 is 0 Å². The lowest BCUT2D eigenvalue weighted by Crippen LogP contribution is -1.97. The maximum absolute atomic E-state index is 8.88. The number of hydrogen-bond donors (Lipinski definition) is 1. The molecule has 0 bridgehead atoms. The third-order valence-electron chi connectivity index (χ3n) is 2.99. The molecule has 2 heterocycles. The number of nitrogens with one attached hydrogen (secondary N) is 1. The topological polar surface area (TPSA) is 61.6 Å². The Balaban J connectivity index is 2.06. The number of pyridine rings is 2. The molecule has 0 saturated carbocycles. The largest absolute Gasteiger partial charge is 0.338 e. The van der Waals surface area contributed by atoms with Crippen LogP contribution < -0.4 is 5.32 Å². The zero-order valence-corrected chi connectivity index (χ0v) is 11.0. The molecule has 0 radical (unpaired) electrons. The van der Waals surface area contributed by atoms with Crippen molar-refractivity contribution in [2.45, 2.75) is 6.92 Å². The number of para-hydroxylation sites is 1. The van der Waals surface area contributed by atoms with Gasteiger partial charge in [0.25, 0.3) is 0 Å². The highest BCUT2D eigenvalue weighted by Gasteiger charge is 2.04. The van der Waals surface area contributed by atoms with E-state index in [2.05, 4.69) is 15.3 Å². The van der Waals surface area contributed by atoms with E-state index in [1.165, 1.54) is 0 Å². The van der Waals surface area contributed by atoms with Gasteiger partial charge in [0.05, 0.1) is 11.2 Å². The third kappa shape index (κ3) is 2.29. The molecule has 2 aromatic heterocycles. The fourth-order valence-electron chi connectivity index (χ4n) is 2.05. The molecular formula is C16H12N4. The second-order valence-electron chi connectivity index (χ2n) is 4.47. The Morgan fingerprint density at radius 3 is 2.70 bits per heavy atom. The summed E-state index contributed by atoms with van der Waals surface area (Å²) in [6.07, 6.45) is 0. The van der Waals surface area contributed by atoms with Crippen LogP contribution in [0.2, 0.25) is 0 Å². The molecule has 3 rings (SSSR count). The van der Waals surface area contributed by atoms with Crippen molar-refractivity contribution >= 4 is 22.4 Å².